The molecule has 0 amide bonds. The first kappa shape index (κ1) is 21.2. The van der Waals surface area contributed by atoms with Gasteiger partial charge in [-0.05, 0) is 47.5 Å². The number of rotatable bonds is 3. The Hall–Kier alpha value is -2.99. The molecule has 0 spiro atoms. The highest BCUT2D eigenvalue weighted by Crippen LogP contribution is 2.44. The Morgan fingerprint density at radius 1 is 0.935 bits per heavy atom. The smallest absolute Gasteiger partial charge is 0.457 e. The highest BCUT2D eigenvalue weighted by atomic mass is 35.5. The number of ether oxygens (including phenoxy) is 2. The van der Waals surface area contributed by atoms with E-state index in [2.05, 4.69) is 4.74 Å². The van der Waals surface area contributed by atoms with Gasteiger partial charge in [-0.25, -0.2) is 4.39 Å². The molecule has 0 saturated heterocycles. The van der Waals surface area contributed by atoms with Crippen LogP contribution in [0.1, 0.15) is 25.0 Å². The summed E-state index contributed by atoms with van der Waals surface area (Å²) in [5, 5.41) is 0.238. The lowest BCUT2D eigenvalue weighted by Crippen LogP contribution is -2.21. The van der Waals surface area contributed by atoms with Gasteiger partial charge in [-0.2, -0.15) is 0 Å². The van der Waals surface area contributed by atoms with Gasteiger partial charge in [0.2, 0.25) is 0 Å². The second kappa shape index (κ2) is 7.61. The van der Waals surface area contributed by atoms with Crippen molar-refractivity contribution in [1.29, 1.82) is 0 Å². The normalized spacial score (nSPS) is 15.0. The SMILES string of the molecule is CC1(C)C=C(c2c(F)cccc2Cl)Oc2cc(-c3ccc(OC(F)(F)F)cc3)ccc21. The maximum absolute atomic E-state index is 14.5. The van der Waals surface area contributed by atoms with Gasteiger partial charge in [0, 0.05) is 11.0 Å². The van der Waals surface area contributed by atoms with Crippen LogP contribution in [0, 0.1) is 5.82 Å². The van der Waals surface area contributed by atoms with Crippen molar-refractivity contribution in [2.45, 2.75) is 25.6 Å². The summed E-state index contributed by atoms with van der Waals surface area (Å²) >= 11 is 6.22. The van der Waals surface area contributed by atoms with Gasteiger partial charge in [0.25, 0.3) is 0 Å². The molecule has 1 aliphatic rings. The van der Waals surface area contributed by atoms with Crippen LogP contribution in [-0.2, 0) is 5.41 Å². The largest absolute Gasteiger partial charge is 0.573 e. The molecule has 4 rings (SSSR count). The van der Waals surface area contributed by atoms with E-state index in [-0.39, 0.29) is 16.3 Å². The predicted molar refractivity (Wildman–Crippen MR) is 112 cm³/mol. The summed E-state index contributed by atoms with van der Waals surface area (Å²) in [6.07, 6.45) is -2.92. The van der Waals surface area contributed by atoms with Gasteiger partial charge in [0.1, 0.15) is 23.1 Å². The molecule has 1 heterocycles. The number of allylic oxidation sites excluding steroid dienone is 1. The van der Waals surface area contributed by atoms with Gasteiger partial charge >= 0.3 is 6.36 Å². The zero-order chi connectivity index (χ0) is 22.4. The minimum absolute atomic E-state index is 0.182. The molecule has 160 valence electrons. The average Bonchev–Trinajstić information content (AvgIpc) is 2.66. The van der Waals surface area contributed by atoms with E-state index in [1.165, 1.54) is 36.4 Å². The summed E-state index contributed by atoms with van der Waals surface area (Å²) in [6.45, 7) is 3.96. The van der Waals surface area contributed by atoms with Crippen LogP contribution >= 0.6 is 11.6 Å². The standard InChI is InChI=1S/C24H17ClF4O2/c1-23(2)13-21(22-18(25)4-3-5-19(22)26)30-20-12-15(8-11-17(20)23)14-6-9-16(10-7-14)31-24(27,28)29/h3-13H,1-2H3. The number of fused-ring (bicyclic) bond motifs is 1. The van der Waals surface area contributed by atoms with Gasteiger partial charge < -0.3 is 9.47 Å². The van der Waals surface area contributed by atoms with Crippen molar-refractivity contribution in [3.05, 3.63) is 88.7 Å². The molecule has 0 bridgehead atoms. The fourth-order valence-electron chi connectivity index (χ4n) is 3.58. The molecule has 0 fully saturated rings. The Bertz CT molecular complexity index is 1140. The third-order valence-electron chi connectivity index (χ3n) is 5.02. The van der Waals surface area contributed by atoms with E-state index in [1.54, 1.807) is 12.1 Å². The van der Waals surface area contributed by atoms with Crippen molar-refractivity contribution >= 4 is 17.4 Å². The second-order valence-electron chi connectivity index (χ2n) is 7.71. The van der Waals surface area contributed by atoms with Crippen molar-refractivity contribution < 1.29 is 27.0 Å². The Morgan fingerprint density at radius 3 is 2.26 bits per heavy atom. The maximum atomic E-state index is 14.5. The highest BCUT2D eigenvalue weighted by Gasteiger charge is 2.32. The van der Waals surface area contributed by atoms with E-state index in [4.69, 9.17) is 16.3 Å². The second-order valence-corrected chi connectivity index (χ2v) is 8.12. The molecular weight excluding hydrogens is 432 g/mol. The first-order valence-corrected chi connectivity index (χ1v) is 9.77. The van der Waals surface area contributed by atoms with Gasteiger partial charge in [-0.1, -0.05) is 55.8 Å². The highest BCUT2D eigenvalue weighted by molar-refractivity contribution is 6.32. The van der Waals surface area contributed by atoms with Crippen molar-refractivity contribution in [2.75, 3.05) is 0 Å². The van der Waals surface area contributed by atoms with Gasteiger partial charge in [0.05, 0.1) is 10.6 Å². The number of halogens is 5. The van der Waals surface area contributed by atoms with E-state index < -0.39 is 17.6 Å². The Balaban J connectivity index is 1.70. The molecule has 0 saturated carbocycles. The van der Waals surface area contributed by atoms with Crippen LogP contribution in [0.4, 0.5) is 17.6 Å². The molecule has 7 heteroatoms. The lowest BCUT2D eigenvalue weighted by Gasteiger charge is -2.31. The lowest BCUT2D eigenvalue weighted by molar-refractivity contribution is -0.274. The Morgan fingerprint density at radius 2 is 1.61 bits per heavy atom. The van der Waals surface area contributed by atoms with Crippen molar-refractivity contribution in [1.82, 2.24) is 0 Å². The molecule has 0 unspecified atom stereocenters. The lowest BCUT2D eigenvalue weighted by atomic mass is 9.80. The molecule has 0 radical (unpaired) electrons. The van der Waals surface area contributed by atoms with Crippen LogP contribution in [-0.4, -0.2) is 6.36 Å². The number of hydrogen-bond donors (Lipinski definition) is 0. The topological polar surface area (TPSA) is 18.5 Å². The van der Waals surface area contributed by atoms with Crippen molar-refractivity contribution in [3.63, 3.8) is 0 Å². The molecule has 0 N–H and O–H groups in total. The Labute approximate surface area is 181 Å². The van der Waals surface area contributed by atoms with Gasteiger partial charge in [0.15, 0.2) is 0 Å². The minimum atomic E-state index is -4.75. The molecule has 0 aromatic heterocycles. The zero-order valence-corrected chi connectivity index (χ0v) is 17.3. The summed E-state index contributed by atoms with van der Waals surface area (Å²) in [4.78, 5) is 0. The predicted octanol–water partition coefficient (Wildman–Crippen LogP) is 7.76. The van der Waals surface area contributed by atoms with Gasteiger partial charge in [-0.3, -0.25) is 0 Å². The first-order valence-electron chi connectivity index (χ1n) is 9.39. The summed E-state index contributed by atoms with van der Waals surface area (Å²) in [7, 11) is 0. The molecule has 2 nitrogen and oxygen atoms in total. The van der Waals surface area contributed by atoms with Crippen LogP contribution in [0.25, 0.3) is 16.9 Å². The summed E-state index contributed by atoms with van der Waals surface area (Å²) in [5.74, 6) is 0.0435. The average molecular weight is 449 g/mol. The van der Waals surface area contributed by atoms with Crippen LogP contribution in [0.15, 0.2) is 66.7 Å². The molecule has 0 atom stereocenters. The first-order chi connectivity index (χ1) is 14.5. The van der Waals surface area contributed by atoms with Crippen LogP contribution in [0.3, 0.4) is 0 Å². The molecule has 3 aromatic rings. The zero-order valence-electron chi connectivity index (χ0n) is 16.6. The summed E-state index contributed by atoms with van der Waals surface area (Å²) in [5.41, 5.74) is 2.02. The molecule has 31 heavy (non-hydrogen) atoms. The van der Waals surface area contributed by atoms with Gasteiger partial charge in [-0.15, -0.1) is 13.2 Å². The van der Waals surface area contributed by atoms with E-state index in [0.29, 0.717) is 17.1 Å². The molecule has 3 aromatic carbocycles. The molecule has 1 aliphatic heterocycles. The summed E-state index contributed by atoms with van der Waals surface area (Å²) in [6, 6.07) is 15.5. The van der Waals surface area contributed by atoms with Crippen molar-refractivity contribution in [2.24, 2.45) is 0 Å². The number of hydrogen-bond acceptors (Lipinski definition) is 2. The van der Waals surface area contributed by atoms with Crippen LogP contribution < -0.4 is 9.47 Å². The molecular formula is C24H17ClF4O2. The van der Waals surface area contributed by atoms with Crippen molar-refractivity contribution in [3.8, 4) is 22.6 Å². The fraction of sp³-hybridized carbons (Fsp3) is 0.167. The minimum Gasteiger partial charge on any atom is -0.457 e. The van der Waals surface area contributed by atoms with Crippen LogP contribution in [0.2, 0.25) is 5.02 Å². The van der Waals surface area contributed by atoms with E-state index in [1.807, 2.05) is 32.1 Å². The maximum Gasteiger partial charge on any atom is 0.573 e. The van der Waals surface area contributed by atoms with E-state index in [0.717, 1.165) is 11.1 Å². The van der Waals surface area contributed by atoms with E-state index in [9.17, 15) is 17.6 Å². The van der Waals surface area contributed by atoms with Crippen LogP contribution in [0.5, 0.6) is 11.5 Å². The fourth-order valence-corrected chi connectivity index (χ4v) is 3.83. The number of alkyl halides is 3. The summed E-state index contributed by atoms with van der Waals surface area (Å²) < 4.78 is 61.5. The molecule has 0 aliphatic carbocycles. The Kier molecular flexibility index (Phi) is 5.21. The van der Waals surface area contributed by atoms with E-state index >= 15 is 0 Å². The third-order valence-corrected chi connectivity index (χ3v) is 5.33. The number of benzene rings is 3. The quantitative estimate of drug-likeness (QED) is 0.381. The third kappa shape index (κ3) is 4.39. The monoisotopic (exact) mass is 448 g/mol.